The first-order valence-electron chi connectivity index (χ1n) is 8.82. The van der Waals surface area contributed by atoms with Crippen molar-refractivity contribution in [3.05, 3.63) is 59.0 Å². The molecule has 1 fully saturated rings. The van der Waals surface area contributed by atoms with E-state index in [4.69, 9.17) is 16.0 Å². The number of piperidine rings is 1. The number of carbonyl (C=O) groups is 2. The second-order valence-corrected chi connectivity index (χ2v) is 7.18. The van der Waals surface area contributed by atoms with Crippen LogP contribution in [0.3, 0.4) is 0 Å². The minimum atomic E-state index is -0.192. The van der Waals surface area contributed by atoms with Crippen molar-refractivity contribution in [2.75, 3.05) is 20.1 Å². The monoisotopic (exact) mass is 374 g/mol. The Morgan fingerprint density at radius 2 is 2.00 bits per heavy atom. The summed E-state index contributed by atoms with van der Waals surface area (Å²) in [7, 11) is 1.81. The normalized spacial score (nSPS) is 18.4. The molecule has 1 aliphatic rings. The third-order valence-corrected chi connectivity index (χ3v) is 5.32. The van der Waals surface area contributed by atoms with Gasteiger partial charge in [-0.2, -0.15) is 0 Å². The first-order valence-corrected chi connectivity index (χ1v) is 9.20. The second kappa shape index (κ2) is 7.96. The van der Waals surface area contributed by atoms with Crippen LogP contribution >= 0.6 is 11.6 Å². The summed E-state index contributed by atoms with van der Waals surface area (Å²) < 4.78 is 5.20. The molecular weight excluding hydrogens is 352 g/mol. The highest BCUT2D eigenvalue weighted by Crippen LogP contribution is 2.26. The Balaban J connectivity index is 1.66. The van der Waals surface area contributed by atoms with Crippen molar-refractivity contribution in [3.8, 4) is 0 Å². The van der Waals surface area contributed by atoms with Crippen molar-refractivity contribution in [2.45, 2.75) is 25.8 Å². The topological polar surface area (TPSA) is 53.8 Å². The van der Waals surface area contributed by atoms with E-state index in [-0.39, 0.29) is 23.8 Å². The number of hydrogen-bond acceptors (Lipinski definition) is 3. The Labute approximate surface area is 158 Å². The average Bonchev–Trinajstić information content (AvgIpc) is 3.21. The molecule has 138 valence electrons. The summed E-state index contributed by atoms with van der Waals surface area (Å²) in [6, 6.07) is 10.8. The molecule has 0 N–H and O–H groups in total. The van der Waals surface area contributed by atoms with Gasteiger partial charge in [0.2, 0.25) is 5.91 Å². The fraction of sp³-hybridized carbons (Fsp3) is 0.400. The molecule has 0 saturated carbocycles. The quantitative estimate of drug-likeness (QED) is 0.812. The van der Waals surface area contributed by atoms with E-state index >= 15 is 0 Å². The van der Waals surface area contributed by atoms with Gasteiger partial charge in [-0.3, -0.25) is 9.59 Å². The number of halogens is 1. The van der Waals surface area contributed by atoms with E-state index in [2.05, 4.69) is 0 Å². The molecule has 26 heavy (non-hydrogen) atoms. The molecule has 0 radical (unpaired) electrons. The Morgan fingerprint density at radius 3 is 2.65 bits per heavy atom. The van der Waals surface area contributed by atoms with Gasteiger partial charge in [-0.1, -0.05) is 23.7 Å². The maximum absolute atomic E-state index is 13.0. The molecule has 1 saturated heterocycles. The van der Waals surface area contributed by atoms with E-state index in [1.165, 1.54) is 6.26 Å². The maximum atomic E-state index is 13.0. The van der Waals surface area contributed by atoms with Crippen molar-refractivity contribution >= 4 is 23.4 Å². The zero-order valence-electron chi connectivity index (χ0n) is 15.0. The van der Waals surface area contributed by atoms with Crippen LogP contribution in [0, 0.1) is 5.92 Å². The third kappa shape index (κ3) is 3.93. The summed E-state index contributed by atoms with van der Waals surface area (Å²) in [6.45, 7) is 3.07. The van der Waals surface area contributed by atoms with E-state index in [0.717, 1.165) is 18.4 Å². The molecule has 1 aromatic carbocycles. The molecule has 3 rings (SSSR count). The van der Waals surface area contributed by atoms with Crippen LogP contribution in [0.25, 0.3) is 0 Å². The molecule has 0 bridgehead atoms. The van der Waals surface area contributed by atoms with Crippen LogP contribution < -0.4 is 0 Å². The first kappa shape index (κ1) is 18.5. The first-order chi connectivity index (χ1) is 12.5. The Morgan fingerprint density at radius 1 is 1.27 bits per heavy atom. The minimum absolute atomic E-state index is 0.0593. The number of furan rings is 1. The molecule has 2 atom stereocenters. The number of likely N-dealkylation sites (tertiary alicyclic amines) is 1. The lowest BCUT2D eigenvalue weighted by Gasteiger charge is -2.35. The van der Waals surface area contributed by atoms with Gasteiger partial charge in [0.25, 0.3) is 5.91 Å². The maximum Gasteiger partial charge on any atom is 0.289 e. The number of amides is 2. The molecule has 0 unspecified atom stereocenters. The van der Waals surface area contributed by atoms with Gasteiger partial charge in [0.1, 0.15) is 0 Å². The van der Waals surface area contributed by atoms with E-state index in [1.54, 1.807) is 21.9 Å². The van der Waals surface area contributed by atoms with E-state index in [1.807, 2.05) is 38.2 Å². The van der Waals surface area contributed by atoms with Crippen LogP contribution in [0.4, 0.5) is 0 Å². The van der Waals surface area contributed by atoms with Crippen molar-refractivity contribution in [1.82, 2.24) is 9.80 Å². The lowest BCUT2D eigenvalue weighted by Crippen LogP contribution is -2.46. The van der Waals surface area contributed by atoms with Gasteiger partial charge in [0.15, 0.2) is 5.76 Å². The molecule has 1 aromatic heterocycles. The van der Waals surface area contributed by atoms with E-state index in [9.17, 15) is 9.59 Å². The molecule has 6 heteroatoms. The largest absolute Gasteiger partial charge is 0.459 e. The molecule has 0 aliphatic carbocycles. The summed E-state index contributed by atoms with van der Waals surface area (Å²) in [4.78, 5) is 28.9. The van der Waals surface area contributed by atoms with Crippen LogP contribution in [-0.4, -0.2) is 41.8 Å². The van der Waals surface area contributed by atoms with Crippen LogP contribution in [-0.2, 0) is 4.79 Å². The summed E-state index contributed by atoms with van der Waals surface area (Å²) in [5.41, 5.74) is 1.03. The molecule has 2 heterocycles. The Kier molecular flexibility index (Phi) is 5.67. The fourth-order valence-corrected chi connectivity index (χ4v) is 3.49. The zero-order valence-corrected chi connectivity index (χ0v) is 15.8. The van der Waals surface area contributed by atoms with Crippen molar-refractivity contribution in [3.63, 3.8) is 0 Å². The molecule has 0 spiro atoms. The van der Waals surface area contributed by atoms with Crippen molar-refractivity contribution < 1.29 is 14.0 Å². The van der Waals surface area contributed by atoms with E-state index < -0.39 is 0 Å². The van der Waals surface area contributed by atoms with Crippen molar-refractivity contribution in [2.24, 2.45) is 5.92 Å². The number of carbonyl (C=O) groups excluding carboxylic acids is 2. The predicted octanol–water partition coefficient (Wildman–Crippen LogP) is 4.00. The summed E-state index contributed by atoms with van der Waals surface area (Å²) in [5.74, 6) is 0.0358. The van der Waals surface area contributed by atoms with Crippen LogP contribution in [0.15, 0.2) is 47.1 Å². The average molecular weight is 375 g/mol. The zero-order chi connectivity index (χ0) is 18.7. The van der Waals surface area contributed by atoms with Crippen LogP contribution in [0.5, 0.6) is 0 Å². The summed E-state index contributed by atoms with van der Waals surface area (Å²) in [6.07, 6.45) is 3.09. The highest BCUT2D eigenvalue weighted by molar-refractivity contribution is 6.30. The Bertz CT molecular complexity index is 758. The van der Waals surface area contributed by atoms with Gasteiger partial charge >= 0.3 is 0 Å². The van der Waals surface area contributed by atoms with E-state index in [0.29, 0.717) is 23.9 Å². The lowest BCUT2D eigenvalue weighted by atomic mass is 9.95. The third-order valence-electron chi connectivity index (χ3n) is 5.07. The summed E-state index contributed by atoms with van der Waals surface area (Å²) in [5, 5.41) is 0.675. The second-order valence-electron chi connectivity index (χ2n) is 6.74. The number of nitrogens with zero attached hydrogens (tertiary/aromatic N) is 2. The number of benzene rings is 1. The fourth-order valence-electron chi connectivity index (χ4n) is 3.36. The number of hydrogen-bond donors (Lipinski definition) is 0. The van der Waals surface area contributed by atoms with Gasteiger partial charge in [-0.15, -0.1) is 0 Å². The molecular formula is C20H23ClN2O3. The molecule has 1 aliphatic heterocycles. The standard InChI is InChI=1S/C20H23ClN2O3/c1-14(15-7-9-17(21)10-8-15)22(2)19(24)16-5-3-11-23(13-16)20(25)18-6-4-12-26-18/h4,6-10,12,14,16H,3,5,11,13H2,1-2H3/t14-,16+/m0/s1. The smallest absolute Gasteiger partial charge is 0.289 e. The SMILES string of the molecule is C[C@@H](c1ccc(Cl)cc1)N(C)C(=O)[C@@H]1CCCN(C(=O)c2ccco2)C1. The minimum Gasteiger partial charge on any atom is -0.459 e. The van der Waals surface area contributed by atoms with Gasteiger partial charge in [-0.05, 0) is 49.6 Å². The highest BCUT2D eigenvalue weighted by atomic mass is 35.5. The molecule has 2 amide bonds. The van der Waals surface area contributed by atoms with Crippen molar-refractivity contribution in [1.29, 1.82) is 0 Å². The predicted molar refractivity (Wildman–Crippen MR) is 100.0 cm³/mol. The molecule has 5 nitrogen and oxygen atoms in total. The number of rotatable bonds is 4. The van der Waals surface area contributed by atoms with Gasteiger partial charge in [-0.25, -0.2) is 0 Å². The van der Waals surface area contributed by atoms with Crippen LogP contribution in [0.2, 0.25) is 5.02 Å². The molecule has 2 aromatic rings. The lowest BCUT2D eigenvalue weighted by molar-refractivity contribution is -0.137. The van der Waals surface area contributed by atoms with Gasteiger partial charge < -0.3 is 14.2 Å². The summed E-state index contributed by atoms with van der Waals surface area (Å²) >= 11 is 5.94. The van der Waals surface area contributed by atoms with Crippen LogP contribution in [0.1, 0.15) is 41.9 Å². The van der Waals surface area contributed by atoms with Gasteiger partial charge in [0, 0.05) is 25.2 Å². The Hall–Kier alpha value is -2.27. The highest BCUT2D eigenvalue weighted by Gasteiger charge is 2.32. The van der Waals surface area contributed by atoms with Gasteiger partial charge in [0.05, 0.1) is 18.2 Å².